The summed E-state index contributed by atoms with van der Waals surface area (Å²) in [6.07, 6.45) is -0.181. The smallest absolute Gasteiger partial charge is 0.387 e. The van der Waals surface area contributed by atoms with Gasteiger partial charge < -0.3 is 15.2 Å². The number of hydrogen-bond acceptors (Lipinski definition) is 3. The normalized spacial score (nSPS) is 12.8. The van der Waals surface area contributed by atoms with E-state index in [9.17, 15) is 18.4 Å². The Labute approximate surface area is 127 Å². The van der Waals surface area contributed by atoms with E-state index >= 15 is 0 Å². The molecule has 1 rings (SSSR count). The van der Waals surface area contributed by atoms with E-state index in [-0.39, 0.29) is 12.2 Å². The Morgan fingerprint density at radius 2 is 2.00 bits per heavy atom. The fraction of sp³-hybridized carbons (Fsp3) is 0.467. The van der Waals surface area contributed by atoms with E-state index < -0.39 is 29.9 Å². The van der Waals surface area contributed by atoms with Gasteiger partial charge in [-0.05, 0) is 38.5 Å². The maximum atomic E-state index is 12.2. The lowest BCUT2D eigenvalue weighted by atomic mass is 9.89. The van der Waals surface area contributed by atoms with Gasteiger partial charge in [0.2, 0.25) is 5.91 Å². The van der Waals surface area contributed by atoms with Gasteiger partial charge >= 0.3 is 12.6 Å². The third-order valence-electron chi connectivity index (χ3n) is 3.14. The largest absolute Gasteiger partial charge is 0.481 e. The second kappa shape index (κ2) is 7.20. The third-order valence-corrected chi connectivity index (χ3v) is 3.14. The van der Waals surface area contributed by atoms with Crippen LogP contribution in [-0.4, -0.2) is 23.6 Å². The van der Waals surface area contributed by atoms with Crippen LogP contribution >= 0.6 is 0 Å². The second-order valence-electron chi connectivity index (χ2n) is 5.61. The first-order valence-electron chi connectivity index (χ1n) is 6.69. The minimum Gasteiger partial charge on any atom is -0.481 e. The van der Waals surface area contributed by atoms with Crippen LogP contribution in [0.3, 0.4) is 0 Å². The fourth-order valence-electron chi connectivity index (χ4n) is 1.81. The van der Waals surface area contributed by atoms with E-state index in [1.807, 2.05) is 0 Å². The summed E-state index contributed by atoms with van der Waals surface area (Å²) in [4.78, 5) is 22.9. The van der Waals surface area contributed by atoms with E-state index in [0.29, 0.717) is 5.56 Å². The van der Waals surface area contributed by atoms with Gasteiger partial charge in [-0.1, -0.05) is 12.1 Å². The molecule has 0 heterocycles. The van der Waals surface area contributed by atoms with Crippen molar-refractivity contribution >= 4 is 11.9 Å². The van der Waals surface area contributed by atoms with Crippen LogP contribution in [0.2, 0.25) is 0 Å². The molecule has 1 amide bonds. The molecule has 1 atom stereocenters. The number of benzene rings is 1. The molecule has 0 aliphatic heterocycles. The number of ether oxygens (including phenoxy) is 1. The molecule has 7 heteroatoms. The molecule has 0 radical (unpaired) electrons. The van der Waals surface area contributed by atoms with E-state index in [1.54, 1.807) is 13.0 Å². The highest BCUT2D eigenvalue weighted by Gasteiger charge is 2.30. The van der Waals surface area contributed by atoms with Crippen LogP contribution in [0.25, 0.3) is 0 Å². The van der Waals surface area contributed by atoms with Crippen molar-refractivity contribution in [3.63, 3.8) is 0 Å². The molecule has 1 unspecified atom stereocenters. The van der Waals surface area contributed by atoms with Crippen LogP contribution in [0.15, 0.2) is 24.3 Å². The predicted molar refractivity (Wildman–Crippen MR) is 75.7 cm³/mol. The molecule has 122 valence electrons. The molecule has 0 bridgehead atoms. The zero-order valence-electron chi connectivity index (χ0n) is 12.6. The number of hydrogen-bond donors (Lipinski definition) is 2. The van der Waals surface area contributed by atoms with E-state index in [1.165, 1.54) is 32.0 Å². The first-order chi connectivity index (χ1) is 10.1. The Morgan fingerprint density at radius 3 is 2.55 bits per heavy atom. The maximum absolute atomic E-state index is 12.2. The Balaban J connectivity index is 2.70. The zero-order valence-corrected chi connectivity index (χ0v) is 12.6. The molecule has 0 fully saturated rings. The number of halogens is 2. The number of aliphatic carboxylic acids is 1. The van der Waals surface area contributed by atoms with Crippen molar-refractivity contribution in [2.75, 3.05) is 0 Å². The number of carboxylic acid groups (broad SMARTS) is 1. The van der Waals surface area contributed by atoms with Gasteiger partial charge in [0.15, 0.2) is 0 Å². The molecule has 22 heavy (non-hydrogen) atoms. The van der Waals surface area contributed by atoms with Gasteiger partial charge in [-0.15, -0.1) is 0 Å². The van der Waals surface area contributed by atoms with Crippen LogP contribution in [-0.2, 0) is 9.59 Å². The highest BCUT2D eigenvalue weighted by molar-refractivity contribution is 5.84. The number of carboxylic acids is 1. The Bertz CT molecular complexity index is 546. The highest BCUT2D eigenvalue weighted by Crippen LogP contribution is 2.23. The van der Waals surface area contributed by atoms with Crippen LogP contribution in [0.5, 0.6) is 5.75 Å². The summed E-state index contributed by atoms with van der Waals surface area (Å²) in [6.45, 7) is 1.66. The van der Waals surface area contributed by atoms with Crippen molar-refractivity contribution in [3.05, 3.63) is 29.8 Å². The summed E-state index contributed by atoms with van der Waals surface area (Å²) in [5.41, 5.74) is -0.593. The molecule has 1 aromatic carbocycles. The zero-order chi connectivity index (χ0) is 16.9. The number of rotatable bonds is 7. The van der Waals surface area contributed by atoms with Gasteiger partial charge in [-0.3, -0.25) is 9.59 Å². The van der Waals surface area contributed by atoms with Crippen molar-refractivity contribution in [3.8, 4) is 5.75 Å². The van der Waals surface area contributed by atoms with Crippen molar-refractivity contribution in [1.29, 1.82) is 0 Å². The summed E-state index contributed by atoms with van der Waals surface area (Å²) in [5.74, 6) is -1.50. The van der Waals surface area contributed by atoms with Crippen molar-refractivity contribution in [2.24, 2.45) is 5.41 Å². The number of amides is 1. The number of carbonyl (C=O) groups is 2. The van der Waals surface area contributed by atoms with Gasteiger partial charge in [0.25, 0.3) is 0 Å². The van der Waals surface area contributed by atoms with E-state index in [2.05, 4.69) is 10.1 Å². The minimum absolute atomic E-state index is 0.000496. The summed E-state index contributed by atoms with van der Waals surface area (Å²) < 4.78 is 28.7. The molecule has 0 saturated carbocycles. The highest BCUT2D eigenvalue weighted by atomic mass is 19.3. The molecule has 5 nitrogen and oxygen atoms in total. The van der Waals surface area contributed by atoms with Crippen molar-refractivity contribution < 1.29 is 28.2 Å². The topological polar surface area (TPSA) is 75.6 Å². The van der Waals surface area contributed by atoms with Crippen LogP contribution < -0.4 is 10.1 Å². The van der Waals surface area contributed by atoms with Crippen LogP contribution in [0.1, 0.15) is 38.8 Å². The molecule has 1 aromatic rings. The van der Waals surface area contributed by atoms with Gasteiger partial charge in [0.05, 0.1) is 11.5 Å². The predicted octanol–water partition coefficient (Wildman–Crippen LogP) is 2.97. The molecule has 2 N–H and O–H groups in total. The average Bonchev–Trinajstić information content (AvgIpc) is 2.37. The van der Waals surface area contributed by atoms with Gasteiger partial charge in [-0.2, -0.15) is 8.78 Å². The molecule has 0 aromatic heterocycles. The lowest BCUT2D eigenvalue weighted by Gasteiger charge is -2.21. The first kappa shape index (κ1) is 17.9. The first-order valence-corrected chi connectivity index (χ1v) is 6.69. The SMILES string of the molecule is CC(NC(=O)CC(C)(C)C(=O)O)c1cccc(OC(F)F)c1. The monoisotopic (exact) mass is 315 g/mol. The number of nitrogens with one attached hydrogen (secondary N) is 1. The van der Waals surface area contributed by atoms with E-state index in [0.717, 1.165) is 0 Å². The Hall–Kier alpha value is -2.18. The molecular formula is C15H19F2NO4. The lowest BCUT2D eigenvalue weighted by molar-refractivity contribution is -0.149. The molecule has 0 saturated heterocycles. The standard InChI is InChI=1S/C15H19F2NO4/c1-9(18-12(19)8-15(2,3)13(20)21)10-5-4-6-11(7-10)22-14(16)17/h4-7,9,14H,8H2,1-3H3,(H,18,19)(H,20,21). The average molecular weight is 315 g/mol. The molecule has 0 aliphatic carbocycles. The van der Waals surface area contributed by atoms with Crippen molar-refractivity contribution in [2.45, 2.75) is 39.8 Å². The summed E-state index contributed by atoms with van der Waals surface area (Å²) >= 11 is 0. The Morgan fingerprint density at radius 1 is 1.36 bits per heavy atom. The summed E-state index contributed by atoms with van der Waals surface area (Å²) in [5, 5.41) is 11.6. The lowest BCUT2D eigenvalue weighted by Crippen LogP contribution is -2.34. The number of carbonyl (C=O) groups excluding carboxylic acids is 1. The third kappa shape index (κ3) is 5.31. The van der Waals surface area contributed by atoms with Gasteiger partial charge in [0.1, 0.15) is 5.75 Å². The Kier molecular flexibility index (Phi) is 5.84. The molecule has 0 spiro atoms. The second-order valence-corrected chi connectivity index (χ2v) is 5.61. The maximum Gasteiger partial charge on any atom is 0.387 e. The quantitative estimate of drug-likeness (QED) is 0.811. The molecular weight excluding hydrogens is 296 g/mol. The molecule has 0 aliphatic rings. The summed E-state index contributed by atoms with van der Waals surface area (Å²) in [6, 6.07) is 5.53. The van der Waals surface area contributed by atoms with Gasteiger partial charge in [0, 0.05) is 6.42 Å². The summed E-state index contributed by atoms with van der Waals surface area (Å²) in [7, 11) is 0. The van der Waals surface area contributed by atoms with Gasteiger partial charge in [-0.25, -0.2) is 0 Å². The number of alkyl halides is 2. The van der Waals surface area contributed by atoms with E-state index in [4.69, 9.17) is 5.11 Å². The minimum atomic E-state index is -2.92. The fourth-order valence-corrected chi connectivity index (χ4v) is 1.81. The van der Waals surface area contributed by atoms with Crippen LogP contribution in [0, 0.1) is 5.41 Å². The van der Waals surface area contributed by atoms with Crippen molar-refractivity contribution in [1.82, 2.24) is 5.32 Å². The van der Waals surface area contributed by atoms with Crippen LogP contribution in [0.4, 0.5) is 8.78 Å².